The Morgan fingerprint density at radius 3 is 2.59 bits per heavy atom. The van der Waals surface area contributed by atoms with Crippen LogP contribution in [0.3, 0.4) is 0 Å². The topological polar surface area (TPSA) is 67.3 Å². The van der Waals surface area contributed by atoms with E-state index in [0.29, 0.717) is 17.9 Å². The van der Waals surface area contributed by atoms with Crippen LogP contribution in [0.4, 0.5) is 5.82 Å². The maximum atomic E-state index is 9.74. The smallest absolute Gasteiger partial charge is 0.145 e. The molecular weight excluding hydrogens is 216 g/mol. The van der Waals surface area contributed by atoms with Gasteiger partial charge < -0.3 is 10.8 Å². The van der Waals surface area contributed by atoms with Crippen molar-refractivity contribution in [3.05, 3.63) is 12.3 Å². The molecule has 0 aromatic carbocycles. The van der Waals surface area contributed by atoms with Gasteiger partial charge in [0.2, 0.25) is 0 Å². The van der Waals surface area contributed by atoms with Gasteiger partial charge in [0.05, 0.1) is 12.6 Å². The maximum absolute atomic E-state index is 9.74. The lowest BCUT2D eigenvalue weighted by Gasteiger charge is -2.37. The highest BCUT2D eigenvalue weighted by Gasteiger charge is 2.39. The van der Waals surface area contributed by atoms with Crippen LogP contribution in [-0.2, 0) is 6.54 Å². The predicted molar refractivity (Wildman–Crippen MR) is 65.4 cm³/mol. The summed E-state index contributed by atoms with van der Waals surface area (Å²) in [7, 11) is 0. The molecule has 0 radical (unpaired) electrons. The van der Waals surface area contributed by atoms with Gasteiger partial charge in [-0.25, -0.2) is 0 Å². The van der Waals surface area contributed by atoms with E-state index in [1.54, 1.807) is 0 Å². The number of aliphatic hydroxyl groups is 1. The van der Waals surface area contributed by atoms with Crippen LogP contribution in [0.25, 0.3) is 0 Å². The van der Waals surface area contributed by atoms with E-state index in [2.05, 4.69) is 10.00 Å². The first-order valence-corrected chi connectivity index (χ1v) is 6.45. The van der Waals surface area contributed by atoms with Crippen molar-refractivity contribution in [2.45, 2.75) is 50.4 Å². The Bertz CT molecular complexity index is 378. The number of piperidine rings is 1. The van der Waals surface area contributed by atoms with Gasteiger partial charge in [0.1, 0.15) is 5.82 Å². The standard InChI is InChI=1S/C12H20N4O/c13-12-3-4-15(14-12)5-6-16-9-1-2-10(16)8-11(17)7-9/h3-4,9-11,17H,1-2,5-8H2,(H2,13,14). The first kappa shape index (κ1) is 11.0. The monoisotopic (exact) mass is 236 g/mol. The second kappa shape index (κ2) is 4.31. The lowest BCUT2D eigenvalue weighted by Crippen LogP contribution is -2.45. The van der Waals surface area contributed by atoms with E-state index < -0.39 is 0 Å². The molecule has 5 nitrogen and oxygen atoms in total. The van der Waals surface area contributed by atoms with E-state index in [4.69, 9.17) is 5.73 Å². The zero-order chi connectivity index (χ0) is 11.8. The van der Waals surface area contributed by atoms with E-state index in [1.807, 2.05) is 16.9 Å². The number of rotatable bonds is 3. The van der Waals surface area contributed by atoms with Gasteiger partial charge in [0, 0.05) is 24.8 Å². The van der Waals surface area contributed by atoms with Gasteiger partial charge in [-0.1, -0.05) is 0 Å². The van der Waals surface area contributed by atoms with Crippen molar-refractivity contribution in [2.24, 2.45) is 0 Å². The molecule has 1 aromatic rings. The number of nitrogens with zero attached hydrogens (tertiary/aromatic N) is 3. The summed E-state index contributed by atoms with van der Waals surface area (Å²) < 4.78 is 1.90. The number of aliphatic hydroxyl groups excluding tert-OH is 1. The molecule has 2 saturated heterocycles. The van der Waals surface area contributed by atoms with Crippen LogP contribution < -0.4 is 5.73 Å². The summed E-state index contributed by atoms with van der Waals surface area (Å²) in [5.74, 6) is 0.585. The van der Waals surface area contributed by atoms with Crippen LogP contribution in [0.5, 0.6) is 0 Å². The fourth-order valence-electron chi connectivity index (χ4n) is 3.33. The maximum Gasteiger partial charge on any atom is 0.145 e. The van der Waals surface area contributed by atoms with Gasteiger partial charge in [0.15, 0.2) is 0 Å². The van der Waals surface area contributed by atoms with Gasteiger partial charge in [-0.15, -0.1) is 0 Å². The quantitative estimate of drug-likeness (QED) is 0.800. The minimum Gasteiger partial charge on any atom is -0.393 e. The molecule has 0 saturated carbocycles. The van der Waals surface area contributed by atoms with Crippen LogP contribution in [-0.4, -0.2) is 44.5 Å². The fourth-order valence-corrected chi connectivity index (χ4v) is 3.33. The first-order valence-electron chi connectivity index (χ1n) is 6.45. The Kier molecular flexibility index (Phi) is 2.80. The van der Waals surface area contributed by atoms with Crippen molar-refractivity contribution in [3.63, 3.8) is 0 Å². The summed E-state index contributed by atoms with van der Waals surface area (Å²) in [5, 5.41) is 13.9. The SMILES string of the molecule is Nc1ccn(CCN2C3CCC2CC(O)C3)n1. The zero-order valence-electron chi connectivity index (χ0n) is 10.00. The Morgan fingerprint density at radius 2 is 2.00 bits per heavy atom. The minimum atomic E-state index is -0.0795. The molecular formula is C12H20N4O. The highest BCUT2D eigenvalue weighted by Crippen LogP contribution is 2.35. The fraction of sp³-hybridized carbons (Fsp3) is 0.750. The van der Waals surface area contributed by atoms with Gasteiger partial charge >= 0.3 is 0 Å². The Balaban J connectivity index is 1.59. The van der Waals surface area contributed by atoms with Crippen molar-refractivity contribution in [2.75, 3.05) is 12.3 Å². The van der Waals surface area contributed by atoms with Gasteiger partial charge in [-0.2, -0.15) is 5.10 Å². The number of anilines is 1. The van der Waals surface area contributed by atoms with Crippen LogP contribution in [0.15, 0.2) is 12.3 Å². The number of hydrogen-bond donors (Lipinski definition) is 2. The van der Waals surface area contributed by atoms with Crippen LogP contribution in [0, 0.1) is 0 Å². The number of nitrogen functional groups attached to an aromatic ring is 1. The first-order chi connectivity index (χ1) is 8.22. The van der Waals surface area contributed by atoms with E-state index >= 15 is 0 Å². The molecule has 5 heteroatoms. The number of fused-ring (bicyclic) bond motifs is 2. The minimum absolute atomic E-state index is 0.0795. The van der Waals surface area contributed by atoms with Crippen molar-refractivity contribution < 1.29 is 5.11 Å². The molecule has 3 rings (SSSR count). The molecule has 2 fully saturated rings. The van der Waals surface area contributed by atoms with Crippen molar-refractivity contribution in [1.82, 2.24) is 14.7 Å². The van der Waals surface area contributed by atoms with E-state index in [9.17, 15) is 5.11 Å². The lowest BCUT2D eigenvalue weighted by atomic mass is 10.00. The van der Waals surface area contributed by atoms with Gasteiger partial charge in [0.25, 0.3) is 0 Å². The highest BCUT2D eigenvalue weighted by atomic mass is 16.3. The number of nitrogens with two attached hydrogens (primary N) is 1. The summed E-state index contributed by atoms with van der Waals surface area (Å²) in [6.45, 7) is 1.91. The summed E-state index contributed by atoms with van der Waals surface area (Å²) in [6.07, 6.45) is 6.21. The van der Waals surface area contributed by atoms with Gasteiger partial charge in [-0.3, -0.25) is 9.58 Å². The molecule has 0 spiro atoms. The van der Waals surface area contributed by atoms with Crippen molar-refractivity contribution in [3.8, 4) is 0 Å². The van der Waals surface area contributed by atoms with Crippen LogP contribution in [0.2, 0.25) is 0 Å². The molecule has 3 heterocycles. The molecule has 17 heavy (non-hydrogen) atoms. The van der Waals surface area contributed by atoms with E-state index in [1.165, 1.54) is 12.8 Å². The van der Waals surface area contributed by atoms with Gasteiger partial charge in [-0.05, 0) is 31.7 Å². The third-order valence-electron chi connectivity index (χ3n) is 4.11. The molecule has 1 aromatic heterocycles. The summed E-state index contributed by atoms with van der Waals surface area (Å²) >= 11 is 0. The zero-order valence-corrected chi connectivity index (χ0v) is 10.00. The number of hydrogen-bond acceptors (Lipinski definition) is 4. The second-order valence-corrected chi connectivity index (χ2v) is 5.25. The summed E-state index contributed by atoms with van der Waals surface area (Å²) in [4.78, 5) is 2.55. The third kappa shape index (κ3) is 2.17. The lowest BCUT2D eigenvalue weighted by molar-refractivity contribution is 0.0333. The van der Waals surface area contributed by atoms with Crippen LogP contribution in [0.1, 0.15) is 25.7 Å². The second-order valence-electron chi connectivity index (χ2n) is 5.25. The molecule has 2 aliphatic rings. The van der Waals surface area contributed by atoms with Crippen molar-refractivity contribution in [1.29, 1.82) is 0 Å². The molecule has 2 unspecified atom stereocenters. The molecule has 3 N–H and O–H groups in total. The Morgan fingerprint density at radius 1 is 1.29 bits per heavy atom. The van der Waals surface area contributed by atoms with E-state index in [-0.39, 0.29) is 6.10 Å². The average Bonchev–Trinajstić information content (AvgIpc) is 2.79. The molecule has 2 aliphatic heterocycles. The predicted octanol–water partition coefficient (Wildman–Crippen LogP) is 0.453. The summed E-state index contributed by atoms with van der Waals surface area (Å²) in [6, 6.07) is 2.99. The Hall–Kier alpha value is -1.07. The third-order valence-corrected chi connectivity index (χ3v) is 4.11. The Labute approximate surface area is 101 Å². The molecule has 0 amide bonds. The number of aromatic nitrogens is 2. The normalized spacial score (nSPS) is 33.1. The van der Waals surface area contributed by atoms with Crippen molar-refractivity contribution >= 4 is 5.82 Å². The molecule has 2 atom stereocenters. The average molecular weight is 236 g/mol. The molecule has 2 bridgehead atoms. The summed E-state index contributed by atoms with van der Waals surface area (Å²) in [5.41, 5.74) is 5.59. The largest absolute Gasteiger partial charge is 0.393 e. The molecule has 94 valence electrons. The van der Waals surface area contributed by atoms with E-state index in [0.717, 1.165) is 25.9 Å². The van der Waals surface area contributed by atoms with Crippen LogP contribution >= 0.6 is 0 Å². The highest BCUT2D eigenvalue weighted by molar-refractivity contribution is 5.23. The molecule has 0 aliphatic carbocycles.